The first kappa shape index (κ1) is 12.7. The van der Waals surface area contributed by atoms with E-state index in [4.69, 9.17) is 4.42 Å². The summed E-state index contributed by atoms with van der Waals surface area (Å²) in [6.45, 7) is 0.800. The van der Waals surface area contributed by atoms with Crippen molar-refractivity contribution in [3.63, 3.8) is 0 Å². The van der Waals surface area contributed by atoms with Crippen LogP contribution in [0.1, 0.15) is 30.2 Å². The Hall–Kier alpha value is -2.36. The summed E-state index contributed by atoms with van der Waals surface area (Å²) in [6, 6.07) is 7.75. The molecule has 1 saturated heterocycles. The summed E-state index contributed by atoms with van der Waals surface area (Å²) in [5.74, 6) is 0.721. The molecule has 4 heteroatoms. The SMILES string of the molecule is O=C(/C=C/c1ccco1)N1CCCC1c1ccncc1. The quantitative estimate of drug-likeness (QED) is 0.804. The molecule has 0 spiro atoms. The van der Waals surface area contributed by atoms with E-state index < -0.39 is 0 Å². The number of amides is 1. The summed E-state index contributed by atoms with van der Waals surface area (Å²) < 4.78 is 5.19. The van der Waals surface area contributed by atoms with Gasteiger partial charge in [-0.3, -0.25) is 9.78 Å². The summed E-state index contributed by atoms with van der Waals surface area (Å²) in [7, 11) is 0. The van der Waals surface area contributed by atoms with E-state index in [0.29, 0.717) is 5.76 Å². The van der Waals surface area contributed by atoms with E-state index in [0.717, 1.165) is 24.9 Å². The highest BCUT2D eigenvalue weighted by Gasteiger charge is 2.28. The first-order valence-electron chi connectivity index (χ1n) is 6.77. The number of carbonyl (C=O) groups excluding carboxylic acids is 1. The highest BCUT2D eigenvalue weighted by atomic mass is 16.3. The predicted octanol–water partition coefficient (Wildman–Crippen LogP) is 3.05. The summed E-state index contributed by atoms with van der Waals surface area (Å²) in [5, 5.41) is 0. The maximum absolute atomic E-state index is 12.3. The van der Waals surface area contributed by atoms with Crippen LogP contribution in [0.3, 0.4) is 0 Å². The van der Waals surface area contributed by atoms with E-state index in [-0.39, 0.29) is 11.9 Å². The maximum Gasteiger partial charge on any atom is 0.247 e. The lowest BCUT2D eigenvalue weighted by atomic mass is 10.1. The van der Waals surface area contributed by atoms with Crippen molar-refractivity contribution in [2.24, 2.45) is 0 Å². The molecule has 1 amide bonds. The van der Waals surface area contributed by atoms with Gasteiger partial charge in [-0.05, 0) is 48.7 Å². The van der Waals surface area contributed by atoms with Crippen molar-refractivity contribution in [3.05, 3.63) is 60.3 Å². The van der Waals surface area contributed by atoms with Gasteiger partial charge in [-0.1, -0.05) is 0 Å². The number of aromatic nitrogens is 1. The number of pyridine rings is 1. The minimum absolute atomic E-state index is 0.0284. The molecule has 1 aliphatic rings. The second-order valence-electron chi connectivity index (χ2n) is 4.82. The second kappa shape index (κ2) is 5.74. The molecule has 20 heavy (non-hydrogen) atoms. The van der Waals surface area contributed by atoms with E-state index in [1.54, 1.807) is 36.9 Å². The minimum atomic E-state index is 0.0284. The van der Waals surface area contributed by atoms with Crippen LogP contribution in [0, 0.1) is 0 Å². The van der Waals surface area contributed by atoms with Crippen molar-refractivity contribution in [3.8, 4) is 0 Å². The molecule has 0 N–H and O–H groups in total. The van der Waals surface area contributed by atoms with Gasteiger partial charge in [0.15, 0.2) is 0 Å². The minimum Gasteiger partial charge on any atom is -0.465 e. The van der Waals surface area contributed by atoms with Crippen molar-refractivity contribution in [2.75, 3.05) is 6.54 Å². The Kier molecular flexibility index (Phi) is 3.63. The molecule has 2 aromatic heterocycles. The Bertz CT molecular complexity index is 590. The second-order valence-corrected chi connectivity index (χ2v) is 4.82. The summed E-state index contributed by atoms with van der Waals surface area (Å²) in [4.78, 5) is 18.2. The molecule has 3 heterocycles. The van der Waals surface area contributed by atoms with Gasteiger partial charge >= 0.3 is 0 Å². The van der Waals surface area contributed by atoms with E-state index in [9.17, 15) is 4.79 Å². The lowest BCUT2D eigenvalue weighted by molar-refractivity contribution is -0.126. The van der Waals surface area contributed by atoms with E-state index in [1.165, 1.54) is 0 Å². The summed E-state index contributed by atoms with van der Waals surface area (Å²) in [6.07, 6.45) is 10.5. The third kappa shape index (κ3) is 2.64. The first-order valence-corrected chi connectivity index (χ1v) is 6.77. The van der Waals surface area contributed by atoms with Crippen molar-refractivity contribution in [2.45, 2.75) is 18.9 Å². The molecular weight excluding hydrogens is 252 g/mol. The zero-order valence-electron chi connectivity index (χ0n) is 11.1. The average molecular weight is 268 g/mol. The van der Waals surface area contributed by atoms with Crippen LogP contribution >= 0.6 is 0 Å². The number of hydrogen-bond donors (Lipinski definition) is 0. The van der Waals surface area contributed by atoms with Gasteiger partial charge < -0.3 is 9.32 Å². The van der Waals surface area contributed by atoms with Crippen LogP contribution < -0.4 is 0 Å². The van der Waals surface area contributed by atoms with Gasteiger partial charge in [0.25, 0.3) is 0 Å². The van der Waals surface area contributed by atoms with Crippen LogP contribution in [0.4, 0.5) is 0 Å². The van der Waals surface area contributed by atoms with Crippen molar-refractivity contribution < 1.29 is 9.21 Å². The third-order valence-electron chi connectivity index (χ3n) is 3.56. The molecule has 1 unspecified atom stereocenters. The molecule has 0 bridgehead atoms. The fraction of sp³-hybridized carbons (Fsp3) is 0.250. The lowest BCUT2D eigenvalue weighted by Crippen LogP contribution is -2.28. The molecule has 102 valence electrons. The summed E-state index contributed by atoms with van der Waals surface area (Å²) in [5.41, 5.74) is 1.15. The van der Waals surface area contributed by atoms with Crippen LogP contribution in [0.15, 0.2) is 53.4 Å². The zero-order valence-corrected chi connectivity index (χ0v) is 11.1. The molecule has 3 rings (SSSR count). The number of hydrogen-bond acceptors (Lipinski definition) is 3. The van der Waals surface area contributed by atoms with Gasteiger partial charge in [0, 0.05) is 25.0 Å². The molecule has 1 fully saturated rings. The van der Waals surface area contributed by atoms with E-state index >= 15 is 0 Å². The smallest absolute Gasteiger partial charge is 0.247 e. The molecule has 2 aromatic rings. The number of rotatable bonds is 3. The fourth-order valence-electron chi connectivity index (χ4n) is 2.60. The molecule has 0 saturated carbocycles. The molecule has 4 nitrogen and oxygen atoms in total. The molecular formula is C16H16N2O2. The Labute approximate surface area is 117 Å². The van der Waals surface area contributed by atoms with Crippen LogP contribution in [-0.2, 0) is 4.79 Å². The third-order valence-corrected chi connectivity index (χ3v) is 3.56. The van der Waals surface area contributed by atoms with Crippen LogP contribution in [0.25, 0.3) is 6.08 Å². The molecule has 0 aromatic carbocycles. The molecule has 0 radical (unpaired) electrons. The number of nitrogens with zero attached hydrogens (tertiary/aromatic N) is 2. The Morgan fingerprint density at radius 3 is 2.95 bits per heavy atom. The van der Waals surface area contributed by atoms with Crippen molar-refractivity contribution in [1.82, 2.24) is 9.88 Å². The largest absolute Gasteiger partial charge is 0.465 e. The highest BCUT2D eigenvalue weighted by molar-refractivity contribution is 5.91. The van der Waals surface area contributed by atoms with E-state index in [2.05, 4.69) is 4.98 Å². The van der Waals surface area contributed by atoms with Crippen LogP contribution in [0.5, 0.6) is 0 Å². The van der Waals surface area contributed by atoms with Crippen LogP contribution in [0.2, 0.25) is 0 Å². The lowest BCUT2D eigenvalue weighted by Gasteiger charge is -2.23. The number of furan rings is 1. The molecule has 1 aliphatic heterocycles. The van der Waals surface area contributed by atoms with Gasteiger partial charge in [0.05, 0.1) is 12.3 Å². The normalized spacial score (nSPS) is 18.8. The van der Waals surface area contributed by atoms with E-state index in [1.807, 2.05) is 23.1 Å². The maximum atomic E-state index is 12.3. The topological polar surface area (TPSA) is 46.3 Å². The van der Waals surface area contributed by atoms with Crippen molar-refractivity contribution >= 4 is 12.0 Å². The fourth-order valence-corrected chi connectivity index (χ4v) is 2.60. The van der Waals surface area contributed by atoms with Crippen molar-refractivity contribution in [1.29, 1.82) is 0 Å². The predicted molar refractivity (Wildman–Crippen MR) is 75.7 cm³/mol. The zero-order chi connectivity index (χ0) is 13.8. The number of likely N-dealkylation sites (tertiary alicyclic amines) is 1. The molecule has 1 atom stereocenters. The molecule has 0 aliphatic carbocycles. The van der Waals surface area contributed by atoms with Crippen LogP contribution in [-0.4, -0.2) is 22.3 Å². The van der Waals surface area contributed by atoms with Gasteiger partial charge in [-0.25, -0.2) is 0 Å². The van der Waals surface area contributed by atoms with Gasteiger partial charge in [-0.2, -0.15) is 0 Å². The summed E-state index contributed by atoms with van der Waals surface area (Å²) >= 11 is 0. The first-order chi connectivity index (χ1) is 9.84. The van der Waals surface area contributed by atoms with Gasteiger partial charge in [-0.15, -0.1) is 0 Å². The Balaban J connectivity index is 1.74. The average Bonchev–Trinajstić information content (AvgIpc) is 3.17. The standard InChI is InChI=1S/C16H16N2O2/c19-16(6-5-14-3-2-12-20-14)18-11-1-4-15(18)13-7-9-17-10-8-13/h2-3,5-10,12,15H,1,4,11H2/b6-5+. The Morgan fingerprint density at radius 1 is 1.35 bits per heavy atom. The van der Waals surface area contributed by atoms with Gasteiger partial charge in [0.2, 0.25) is 5.91 Å². The number of carbonyl (C=O) groups is 1. The highest BCUT2D eigenvalue weighted by Crippen LogP contribution is 2.31. The monoisotopic (exact) mass is 268 g/mol. The Morgan fingerprint density at radius 2 is 2.20 bits per heavy atom. The van der Waals surface area contributed by atoms with Gasteiger partial charge in [0.1, 0.15) is 5.76 Å².